The maximum Gasteiger partial charge on any atom is 0.306 e. The maximum atomic E-state index is 13.4. The molecule has 3 rings (SSSR count). The Kier molecular flexibility index (Phi) is 6.27. The van der Waals surface area contributed by atoms with Crippen molar-refractivity contribution in [3.8, 4) is 11.6 Å². The number of amides is 1. The van der Waals surface area contributed by atoms with Crippen LogP contribution in [0.2, 0.25) is 0 Å². The topological polar surface area (TPSA) is 116 Å². The fourth-order valence-electron chi connectivity index (χ4n) is 2.57. The van der Waals surface area contributed by atoms with Crippen molar-refractivity contribution in [2.24, 2.45) is 5.92 Å². The zero-order chi connectivity index (χ0) is 21.0. The van der Waals surface area contributed by atoms with Crippen molar-refractivity contribution in [2.45, 2.75) is 25.5 Å². The van der Waals surface area contributed by atoms with E-state index in [1.165, 1.54) is 17.8 Å². The number of nitrogens with zero attached hydrogens (tertiary/aromatic N) is 4. The van der Waals surface area contributed by atoms with Crippen LogP contribution in [0.15, 0.2) is 46.2 Å². The van der Waals surface area contributed by atoms with Crippen molar-refractivity contribution < 1.29 is 18.5 Å². The van der Waals surface area contributed by atoms with Gasteiger partial charge in [-0.2, -0.15) is 4.39 Å². The fraction of sp³-hybridized carbons (Fsp3) is 0.278. The lowest BCUT2D eigenvalue weighted by Gasteiger charge is -2.11. The number of carbonyl (C=O) groups is 1. The summed E-state index contributed by atoms with van der Waals surface area (Å²) in [6.07, 6.45) is 1.55. The second kappa shape index (κ2) is 8.86. The summed E-state index contributed by atoms with van der Waals surface area (Å²) in [6, 6.07) is 6.72. The van der Waals surface area contributed by atoms with E-state index in [0.717, 1.165) is 12.1 Å². The number of furan rings is 1. The summed E-state index contributed by atoms with van der Waals surface area (Å²) >= 11 is 1.18. The molecule has 1 aromatic carbocycles. The number of aromatic nitrogens is 3. The van der Waals surface area contributed by atoms with Crippen molar-refractivity contribution in [3.05, 3.63) is 52.5 Å². The largest absolute Gasteiger partial charge is 0.461 e. The molecule has 0 saturated carbocycles. The van der Waals surface area contributed by atoms with E-state index < -0.39 is 22.3 Å². The van der Waals surface area contributed by atoms with Crippen molar-refractivity contribution in [1.29, 1.82) is 0 Å². The second-order valence-corrected chi connectivity index (χ2v) is 7.49. The number of nitro benzene ring substituents is 1. The third kappa shape index (κ3) is 4.99. The molecule has 9 nitrogen and oxygen atoms in total. The molecular weight excluding hydrogens is 401 g/mol. The first-order chi connectivity index (χ1) is 13.8. The first-order valence-corrected chi connectivity index (χ1v) is 9.67. The first kappa shape index (κ1) is 20.5. The molecule has 0 aliphatic heterocycles. The number of benzene rings is 1. The van der Waals surface area contributed by atoms with Gasteiger partial charge in [0.15, 0.2) is 16.7 Å². The number of rotatable bonds is 8. The monoisotopic (exact) mass is 419 g/mol. The number of hydrogen-bond acceptors (Lipinski definition) is 7. The van der Waals surface area contributed by atoms with Crippen molar-refractivity contribution in [1.82, 2.24) is 14.8 Å². The average molecular weight is 419 g/mol. The highest BCUT2D eigenvalue weighted by atomic mass is 32.2. The summed E-state index contributed by atoms with van der Waals surface area (Å²) in [5.74, 6) is 0.0881. The Morgan fingerprint density at radius 3 is 2.83 bits per heavy atom. The molecule has 2 aromatic heterocycles. The Bertz CT molecular complexity index is 1020. The molecule has 0 radical (unpaired) electrons. The van der Waals surface area contributed by atoms with Gasteiger partial charge in [0, 0.05) is 18.3 Å². The van der Waals surface area contributed by atoms with Gasteiger partial charge in [-0.05, 0) is 30.2 Å². The summed E-state index contributed by atoms with van der Waals surface area (Å²) in [6.45, 7) is 4.74. The molecule has 0 atom stereocenters. The molecule has 0 aliphatic rings. The van der Waals surface area contributed by atoms with Crippen molar-refractivity contribution in [3.63, 3.8) is 0 Å². The predicted molar refractivity (Wildman–Crippen MR) is 105 cm³/mol. The van der Waals surface area contributed by atoms with E-state index in [4.69, 9.17) is 4.42 Å². The summed E-state index contributed by atoms with van der Waals surface area (Å²) in [4.78, 5) is 22.2. The highest BCUT2D eigenvalue weighted by Crippen LogP contribution is 2.26. The summed E-state index contributed by atoms with van der Waals surface area (Å²) in [5.41, 5.74) is -0.557. The Hall–Kier alpha value is -3.21. The Morgan fingerprint density at radius 2 is 2.17 bits per heavy atom. The minimum absolute atomic E-state index is 0.000439. The number of nitro groups is 1. The Balaban J connectivity index is 1.70. The number of carbonyl (C=O) groups excluding carboxylic acids is 1. The molecule has 1 N–H and O–H groups in total. The number of hydrogen-bond donors (Lipinski definition) is 1. The number of halogens is 1. The SMILES string of the molecule is CC(C)Cn1c(SCC(=O)Nc2ccc(F)c([N+](=O)[O-])c2)nnc1-c1ccco1. The van der Waals surface area contributed by atoms with Crippen molar-refractivity contribution in [2.75, 3.05) is 11.1 Å². The van der Waals surface area contributed by atoms with Crippen LogP contribution in [0.5, 0.6) is 0 Å². The molecule has 0 aliphatic carbocycles. The lowest BCUT2D eigenvalue weighted by molar-refractivity contribution is -0.387. The first-order valence-electron chi connectivity index (χ1n) is 8.69. The minimum atomic E-state index is -0.963. The zero-order valence-electron chi connectivity index (χ0n) is 15.7. The summed E-state index contributed by atoms with van der Waals surface area (Å²) in [7, 11) is 0. The van der Waals surface area contributed by atoms with Crippen LogP contribution in [0.25, 0.3) is 11.6 Å². The van der Waals surface area contributed by atoms with Crippen LogP contribution in [0.3, 0.4) is 0 Å². The Morgan fingerprint density at radius 1 is 1.38 bits per heavy atom. The van der Waals surface area contributed by atoms with Gasteiger partial charge in [-0.15, -0.1) is 10.2 Å². The van der Waals surface area contributed by atoms with Gasteiger partial charge in [0.05, 0.1) is 16.9 Å². The lowest BCUT2D eigenvalue weighted by atomic mass is 10.2. The van der Waals surface area contributed by atoms with Crippen LogP contribution < -0.4 is 5.32 Å². The number of thioether (sulfide) groups is 1. The van der Waals surface area contributed by atoms with Gasteiger partial charge in [-0.3, -0.25) is 19.5 Å². The third-order valence-corrected chi connectivity index (χ3v) is 4.73. The molecule has 0 saturated heterocycles. The molecule has 0 fully saturated rings. The van der Waals surface area contributed by atoms with E-state index in [-0.39, 0.29) is 11.4 Å². The van der Waals surface area contributed by atoms with Gasteiger partial charge in [0.25, 0.3) is 0 Å². The molecule has 11 heteroatoms. The van der Waals surface area contributed by atoms with Gasteiger partial charge >= 0.3 is 5.69 Å². The average Bonchev–Trinajstić information content (AvgIpc) is 3.31. The zero-order valence-corrected chi connectivity index (χ0v) is 16.5. The second-order valence-electron chi connectivity index (χ2n) is 6.55. The van der Waals surface area contributed by atoms with Crippen LogP contribution >= 0.6 is 11.8 Å². The maximum absolute atomic E-state index is 13.4. The van der Waals surface area contributed by atoms with E-state index in [9.17, 15) is 19.3 Å². The Labute approximate surface area is 169 Å². The van der Waals surface area contributed by atoms with E-state index in [2.05, 4.69) is 29.4 Å². The van der Waals surface area contributed by atoms with Gasteiger partial charge in [-0.25, -0.2) is 0 Å². The minimum Gasteiger partial charge on any atom is -0.461 e. The van der Waals surface area contributed by atoms with E-state index in [1.54, 1.807) is 18.4 Å². The number of nitrogens with one attached hydrogen (secondary N) is 1. The molecule has 3 aromatic rings. The summed E-state index contributed by atoms with van der Waals surface area (Å²) in [5, 5.41) is 22.2. The summed E-state index contributed by atoms with van der Waals surface area (Å²) < 4.78 is 20.7. The van der Waals surface area contributed by atoms with E-state index in [1.807, 2.05) is 4.57 Å². The van der Waals surface area contributed by atoms with Crippen LogP contribution in [-0.2, 0) is 11.3 Å². The third-order valence-electron chi connectivity index (χ3n) is 3.77. The normalized spacial score (nSPS) is 11.0. The highest BCUT2D eigenvalue weighted by molar-refractivity contribution is 7.99. The quantitative estimate of drug-likeness (QED) is 0.333. The molecular formula is C18H18FN5O4S. The lowest BCUT2D eigenvalue weighted by Crippen LogP contribution is -2.15. The molecule has 152 valence electrons. The van der Waals surface area contributed by atoms with Gasteiger partial charge in [0.2, 0.25) is 11.7 Å². The molecule has 29 heavy (non-hydrogen) atoms. The van der Waals surface area contributed by atoms with Crippen LogP contribution in [0.1, 0.15) is 13.8 Å². The highest BCUT2D eigenvalue weighted by Gasteiger charge is 2.19. The van der Waals surface area contributed by atoms with Crippen molar-refractivity contribution >= 4 is 29.0 Å². The standard InChI is InChI=1S/C18H18FN5O4S/c1-11(2)9-23-17(15-4-3-7-28-15)21-22-18(23)29-10-16(25)20-12-5-6-13(19)14(8-12)24(26)27/h3-8,11H,9-10H2,1-2H3,(H,20,25). The van der Waals surface area contributed by atoms with Crippen LogP contribution in [0, 0.1) is 21.8 Å². The van der Waals surface area contributed by atoms with E-state index in [0.29, 0.717) is 29.2 Å². The molecule has 0 bridgehead atoms. The molecule has 0 spiro atoms. The molecule has 0 unspecified atom stereocenters. The van der Waals surface area contributed by atoms with E-state index >= 15 is 0 Å². The smallest absolute Gasteiger partial charge is 0.306 e. The van der Waals surface area contributed by atoms with Crippen LogP contribution in [0.4, 0.5) is 15.8 Å². The van der Waals surface area contributed by atoms with Gasteiger partial charge in [0.1, 0.15) is 0 Å². The predicted octanol–water partition coefficient (Wildman–Crippen LogP) is 3.97. The molecule has 1 amide bonds. The number of anilines is 1. The fourth-order valence-corrected chi connectivity index (χ4v) is 3.32. The van der Waals surface area contributed by atoms with Gasteiger partial charge < -0.3 is 9.73 Å². The van der Waals surface area contributed by atoms with Crippen LogP contribution in [-0.4, -0.2) is 31.3 Å². The molecule has 2 heterocycles. The van der Waals surface area contributed by atoms with Gasteiger partial charge in [-0.1, -0.05) is 25.6 Å².